The molecule has 0 radical (unpaired) electrons. The van der Waals surface area contributed by atoms with Gasteiger partial charge in [-0.3, -0.25) is 9.59 Å². The highest BCUT2D eigenvalue weighted by Gasteiger charge is 2.72. The van der Waals surface area contributed by atoms with E-state index in [0.717, 1.165) is 12.8 Å². The van der Waals surface area contributed by atoms with Gasteiger partial charge in [0.05, 0.1) is 12.9 Å². The smallest absolute Gasteiger partial charge is 0.317 e. The van der Waals surface area contributed by atoms with Gasteiger partial charge in [-0.05, 0) is 49.9 Å². The van der Waals surface area contributed by atoms with Crippen molar-refractivity contribution < 1.29 is 18.8 Å². The summed E-state index contributed by atoms with van der Waals surface area (Å²) in [5, 5.41) is 0.0978. The van der Waals surface area contributed by atoms with E-state index < -0.39 is 13.7 Å². The molecule has 4 nitrogen and oxygen atoms in total. The Balaban J connectivity index is 2.19. The van der Waals surface area contributed by atoms with Crippen molar-refractivity contribution >= 4 is 20.1 Å². The zero-order valence-electron chi connectivity index (χ0n) is 15.3. The van der Waals surface area contributed by atoms with Crippen LogP contribution >= 0.6 is 0 Å². The van der Waals surface area contributed by atoms with Gasteiger partial charge in [0.2, 0.25) is 8.32 Å². The molecule has 0 spiro atoms. The molecule has 0 aromatic rings. The van der Waals surface area contributed by atoms with Crippen molar-refractivity contribution in [3.05, 3.63) is 12.3 Å². The number of ether oxygens (including phenoxy) is 1. The molecule has 5 heteroatoms. The maximum atomic E-state index is 12.5. The van der Waals surface area contributed by atoms with E-state index in [2.05, 4.69) is 33.9 Å². The van der Waals surface area contributed by atoms with Gasteiger partial charge in [0.1, 0.15) is 11.2 Å². The molecule has 130 valence electrons. The molecule has 0 saturated heterocycles. The number of hydrogen-bond acceptors (Lipinski definition) is 4. The van der Waals surface area contributed by atoms with Gasteiger partial charge in [0, 0.05) is 12.3 Å². The second-order valence-electron chi connectivity index (χ2n) is 8.28. The van der Waals surface area contributed by atoms with Gasteiger partial charge in [-0.25, -0.2) is 0 Å². The lowest BCUT2D eigenvalue weighted by Crippen LogP contribution is -2.39. The van der Waals surface area contributed by atoms with Crippen molar-refractivity contribution in [2.45, 2.75) is 65.1 Å². The summed E-state index contributed by atoms with van der Waals surface area (Å²) < 4.78 is 11.4. The summed E-state index contributed by atoms with van der Waals surface area (Å²) >= 11 is 0. The van der Waals surface area contributed by atoms with Crippen LogP contribution in [-0.2, 0) is 18.8 Å². The predicted octanol–water partition coefficient (Wildman–Crippen LogP) is 4.07. The Morgan fingerprint density at radius 1 is 1.39 bits per heavy atom. The molecule has 0 aromatic heterocycles. The SMILES string of the molecule is CCOC(=O)[C@@]1(/C=C/O[Si](C)(C)C(C)(C)C)[C@@H]2C(=O)CCC[C@@H]21. The summed E-state index contributed by atoms with van der Waals surface area (Å²) in [4.78, 5) is 24.7. The quantitative estimate of drug-likeness (QED) is 0.431. The van der Waals surface area contributed by atoms with Gasteiger partial charge in [-0.2, -0.15) is 0 Å². The van der Waals surface area contributed by atoms with E-state index in [0.29, 0.717) is 13.0 Å². The van der Waals surface area contributed by atoms with Crippen LogP contribution in [0, 0.1) is 17.3 Å². The lowest BCUT2D eigenvalue weighted by atomic mass is 10.00. The zero-order valence-corrected chi connectivity index (χ0v) is 16.3. The topological polar surface area (TPSA) is 52.6 Å². The Bertz CT molecular complexity index is 518. The monoisotopic (exact) mass is 338 g/mol. The fourth-order valence-electron chi connectivity index (χ4n) is 3.35. The molecule has 2 fully saturated rings. The first-order chi connectivity index (χ1) is 10.6. The maximum Gasteiger partial charge on any atom is 0.317 e. The third-order valence-electron chi connectivity index (χ3n) is 5.85. The first kappa shape index (κ1) is 18.2. The molecule has 0 aromatic carbocycles. The van der Waals surface area contributed by atoms with Gasteiger partial charge >= 0.3 is 5.97 Å². The number of fused-ring (bicyclic) bond motifs is 1. The van der Waals surface area contributed by atoms with Gasteiger partial charge < -0.3 is 9.16 Å². The van der Waals surface area contributed by atoms with Crippen LogP contribution < -0.4 is 0 Å². The summed E-state index contributed by atoms with van der Waals surface area (Å²) in [6.45, 7) is 13.0. The van der Waals surface area contributed by atoms with E-state index in [1.54, 1.807) is 13.2 Å². The lowest BCUT2D eigenvalue weighted by Gasteiger charge is -2.35. The van der Waals surface area contributed by atoms with Crippen molar-refractivity contribution in [1.82, 2.24) is 0 Å². The number of carbonyl (C=O) groups is 2. The lowest BCUT2D eigenvalue weighted by molar-refractivity contribution is -0.149. The van der Waals surface area contributed by atoms with Gasteiger partial charge in [-0.1, -0.05) is 20.8 Å². The zero-order chi connectivity index (χ0) is 17.5. The molecule has 2 aliphatic rings. The minimum Gasteiger partial charge on any atom is -0.549 e. The fourth-order valence-corrected chi connectivity index (χ4v) is 4.11. The number of rotatable bonds is 5. The van der Waals surface area contributed by atoms with Crippen LogP contribution in [0.3, 0.4) is 0 Å². The molecule has 2 aliphatic carbocycles. The molecular formula is C18H30O4Si. The van der Waals surface area contributed by atoms with Crippen molar-refractivity contribution in [2.75, 3.05) is 6.61 Å². The van der Waals surface area contributed by atoms with E-state index in [4.69, 9.17) is 9.16 Å². The molecule has 3 atom stereocenters. The molecule has 23 heavy (non-hydrogen) atoms. The normalized spacial score (nSPS) is 31.0. The summed E-state index contributed by atoms with van der Waals surface area (Å²) in [5.74, 6) is -0.164. The molecule has 0 N–H and O–H groups in total. The summed E-state index contributed by atoms with van der Waals surface area (Å²) in [5.41, 5.74) is -0.772. The number of carbonyl (C=O) groups excluding carboxylic acids is 2. The highest BCUT2D eigenvalue weighted by molar-refractivity contribution is 6.74. The van der Waals surface area contributed by atoms with E-state index in [1.165, 1.54) is 0 Å². The first-order valence-electron chi connectivity index (χ1n) is 8.63. The fraction of sp³-hybridized carbons (Fsp3) is 0.778. The minimum atomic E-state index is -1.92. The molecule has 0 amide bonds. The Kier molecular flexibility index (Phi) is 4.82. The van der Waals surface area contributed by atoms with Crippen LogP contribution in [-0.4, -0.2) is 26.7 Å². The molecule has 2 saturated carbocycles. The Morgan fingerprint density at radius 2 is 2.04 bits per heavy atom. The summed E-state index contributed by atoms with van der Waals surface area (Å²) in [6, 6.07) is 0. The Hall–Kier alpha value is -1.10. The Labute approximate surface area is 140 Å². The number of esters is 1. The highest BCUT2D eigenvalue weighted by atomic mass is 28.4. The molecule has 0 bridgehead atoms. The molecular weight excluding hydrogens is 308 g/mol. The second-order valence-corrected chi connectivity index (χ2v) is 13.0. The van der Waals surface area contributed by atoms with Crippen LogP contribution in [0.15, 0.2) is 12.3 Å². The summed E-state index contributed by atoms with van der Waals surface area (Å²) in [6.07, 6.45) is 5.88. The summed E-state index contributed by atoms with van der Waals surface area (Å²) in [7, 11) is -1.92. The second kappa shape index (κ2) is 6.08. The van der Waals surface area contributed by atoms with Gasteiger partial charge in [-0.15, -0.1) is 0 Å². The van der Waals surface area contributed by atoms with Gasteiger partial charge in [0.25, 0.3) is 0 Å². The van der Waals surface area contributed by atoms with Crippen LogP contribution in [0.2, 0.25) is 18.1 Å². The molecule has 0 unspecified atom stereocenters. The van der Waals surface area contributed by atoms with Crippen LogP contribution in [0.25, 0.3) is 0 Å². The third-order valence-corrected chi connectivity index (χ3v) is 10.2. The number of Topliss-reactive ketones (excluding diaryl/α,β-unsaturated/α-hetero) is 1. The van der Waals surface area contributed by atoms with E-state index in [9.17, 15) is 9.59 Å². The van der Waals surface area contributed by atoms with Gasteiger partial charge in [0.15, 0.2) is 0 Å². The van der Waals surface area contributed by atoms with E-state index in [1.807, 2.05) is 6.08 Å². The van der Waals surface area contributed by atoms with Crippen LogP contribution in [0.5, 0.6) is 0 Å². The molecule has 0 aliphatic heterocycles. The van der Waals surface area contributed by atoms with E-state index in [-0.39, 0.29) is 28.6 Å². The average Bonchev–Trinajstić information content (AvgIpc) is 3.08. The highest BCUT2D eigenvalue weighted by Crippen LogP contribution is 2.65. The standard InChI is InChI=1S/C18H30O4Si/c1-7-21-16(20)18(13-9-8-10-14(19)15(13)18)11-12-22-23(5,6)17(2,3)4/h11-13,15H,7-10H2,1-6H3/b12-11+/t13-,15-,18+/m0/s1. The number of ketones is 1. The van der Waals surface area contributed by atoms with Crippen LogP contribution in [0.4, 0.5) is 0 Å². The third kappa shape index (κ3) is 3.12. The van der Waals surface area contributed by atoms with Crippen molar-refractivity contribution in [3.63, 3.8) is 0 Å². The van der Waals surface area contributed by atoms with Crippen molar-refractivity contribution in [2.24, 2.45) is 17.3 Å². The minimum absolute atomic E-state index is 0.0978. The predicted molar refractivity (Wildman–Crippen MR) is 92.3 cm³/mol. The number of hydrogen-bond donors (Lipinski definition) is 0. The first-order valence-corrected chi connectivity index (χ1v) is 11.5. The van der Waals surface area contributed by atoms with Crippen molar-refractivity contribution in [1.29, 1.82) is 0 Å². The van der Waals surface area contributed by atoms with E-state index >= 15 is 0 Å². The average molecular weight is 339 g/mol. The maximum absolute atomic E-state index is 12.5. The van der Waals surface area contributed by atoms with Crippen molar-refractivity contribution in [3.8, 4) is 0 Å². The largest absolute Gasteiger partial charge is 0.549 e. The Morgan fingerprint density at radius 3 is 2.57 bits per heavy atom. The van der Waals surface area contributed by atoms with Crippen LogP contribution in [0.1, 0.15) is 47.0 Å². The molecule has 2 rings (SSSR count). The molecule has 0 heterocycles.